The highest BCUT2D eigenvalue weighted by molar-refractivity contribution is 8.00. The van der Waals surface area contributed by atoms with Gasteiger partial charge in [0, 0.05) is 11.5 Å². The molecule has 2 aromatic carbocycles. The first-order chi connectivity index (χ1) is 14.1. The molecule has 1 N–H and O–H groups in total. The maximum Gasteiger partial charge on any atom is 0.234 e. The van der Waals surface area contributed by atoms with Crippen molar-refractivity contribution in [3.05, 3.63) is 48.0 Å². The number of aromatic nitrogens is 1. The summed E-state index contributed by atoms with van der Waals surface area (Å²) < 4.78 is 15.7. The molecule has 0 atom stereocenters. The van der Waals surface area contributed by atoms with Gasteiger partial charge in [0.15, 0.2) is 0 Å². The lowest BCUT2D eigenvalue weighted by Crippen LogP contribution is -2.15. The zero-order valence-electron chi connectivity index (χ0n) is 16.2. The van der Waals surface area contributed by atoms with E-state index in [0.29, 0.717) is 33.5 Å². The van der Waals surface area contributed by atoms with Crippen LogP contribution in [0.3, 0.4) is 0 Å². The van der Waals surface area contributed by atoms with Crippen LogP contribution in [0.2, 0.25) is 0 Å². The number of thioether (sulfide) groups is 1. The number of hydrogen-bond acceptors (Lipinski definition) is 7. The summed E-state index contributed by atoms with van der Waals surface area (Å²) in [7, 11) is 4.66. The maximum absolute atomic E-state index is 12.4. The quantitative estimate of drug-likeness (QED) is 0.592. The van der Waals surface area contributed by atoms with Crippen molar-refractivity contribution in [1.82, 2.24) is 4.98 Å². The van der Waals surface area contributed by atoms with Crippen LogP contribution < -0.4 is 19.5 Å². The molecule has 8 heteroatoms. The molecule has 0 radical (unpaired) electrons. The van der Waals surface area contributed by atoms with Crippen molar-refractivity contribution < 1.29 is 19.0 Å². The topological polar surface area (TPSA) is 93.5 Å². The third-order valence-electron chi connectivity index (χ3n) is 4.13. The molecule has 29 heavy (non-hydrogen) atoms. The molecule has 0 spiro atoms. The second kappa shape index (κ2) is 9.17. The number of carbonyl (C=O) groups excluding carboxylic acids is 1. The SMILES string of the molecule is COc1ccc(OC)c(NC(=O)CSc2nc3ccc(OC)cc3cc2C#N)c1. The Morgan fingerprint density at radius 3 is 2.48 bits per heavy atom. The van der Waals surface area contributed by atoms with Crippen molar-refractivity contribution in [2.45, 2.75) is 5.03 Å². The molecule has 0 saturated heterocycles. The van der Waals surface area contributed by atoms with Gasteiger partial charge in [-0.25, -0.2) is 4.98 Å². The van der Waals surface area contributed by atoms with E-state index in [-0.39, 0.29) is 11.7 Å². The van der Waals surface area contributed by atoms with Gasteiger partial charge in [0.1, 0.15) is 28.3 Å². The third kappa shape index (κ3) is 4.70. The Bertz CT molecular complexity index is 1100. The molecule has 0 aliphatic rings. The molecule has 0 aliphatic heterocycles. The van der Waals surface area contributed by atoms with E-state index in [0.717, 1.165) is 10.9 Å². The highest BCUT2D eigenvalue weighted by Gasteiger charge is 2.13. The van der Waals surface area contributed by atoms with E-state index in [2.05, 4.69) is 16.4 Å². The molecule has 148 valence electrons. The van der Waals surface area contributed by atoms with Crippen LogP contribution in [0.15, 0.2) is 47.5 Å². The molecule has 0 bridgehead atoms. The normalized spacial score (nSPS) is 10.3. The fourth-order valence-electron chi connectivity index (χ4n) is 2.69. The number of hydrogen-bond donors (Lipinski definition) is 1. The van der Waals surface area contributed by atoms with Gasteiger partial charge in [-0.1, -0.05) is 11.8 Å². The number of pyridine rings is 1. The number of ether oxygens (including phenoxy) is 3. The second-order valence-corrected chi connectivity index (χ2v) is 6.88. The molecule has 3 aromatic rings. The Balaban J connectivity index is 1.76. The lowest BCUT2D eigenvalue weighted by atomic mass is 10.1. The predicted molar refractivity (Wildman–Crippen MR) is 112 cm³/mol. The Labute approximate surface area is 172 Å². The average molecular weight is 409 g/mol. The number of nitrogens with zero attached hydrogens (tertiary/aromatic N) is 2. The van der Waals surface area contributed by atoms with Crippen molar-refractivity contribution >= 4 is 34.3 Å². The van der Waals surface area contributed by atoms with Crippen LogP contribution in [0.1, 0.15) is 5.56 Å². The largest absolute Gasteiger partial charge is 0.497 e. The van der Waals surface area contributed by atoms with Gasteiger partial charge in [0.05, 0.1) is 43.8 Å². The number of amides is 1. The highest BCUT2D eigenvalue weighted by atomic mass is 32.2. The van der Waals surface area contributed by atoms with E-state index in [9.17, 15) is 10.1 Å². The number of rotatable bonds is 7. The maximum atomic E-state index is 12.4. The van der Waals surface area contributed by atoms with E-state index in [4.69, 9.17) is 14.2 Å². The Morgan fingerprint density at radius 1 is 1.07 bits per heavy atom. The summed E-state index contributed by atoms with van der Waals surface area (Å²) in [6.07, 6.45) is 0. The van der Waals surface area contributed by atoms with Crippen molar-refractivity contribution in [3.63, 3.8) is 0 Å². The number of carbonyl (C=O) groups is 1. The van der Waals surface area contributed by atoms with Crippen LogP contribution in [-0.2, 0) is 4.79 Å². The molecule has 0 fully saturated rings. The van der Waals surface area contributed by atoms with Gasteiger partial charge >= 0.3 is 0 Å². The fourth-order valence-corrected chi connectivity index (χ4v) is 3.45. The molecular formula is C21H19N3O4S. The van der Waals surface area contributed by atoms with Crippen LogP contribution in [0.25, 0.3) is 10.9 Å². The first-order valence-electron chi connectivity index (χ1n) is 8.61. The molecule has 7 nitrogen and oxygen atoms in total. The first-order valence-corrected chi connectivity index (χ1v) is 9.60. The minimum atomic E-state index is -0.248. The molecule has 1 amide bonds. The minimum Gasteiger partial charge on any atom is -0.497 e. The number of methoxy groups -OCH3 is 3. The van der Waals surface area contributed by atoms with E-state index in [1.807, 2.05) is 12.1 Å². The van der Waals surface area contributed by atoms with E-state index < -0.39 is 0 Å². The summed E-state index contributed by atoms with van der Waals surface area (Å²) in [6, 6.07) is 14.5. The lowest BCUT2D eigenvalue weighted by molar-refractivity contribution is -0.113. The van der Waals surface area contributed by atoms with Crippen molar-refractivity contribution in [1.29, 1.82) is 5.26 Å². The second-order valence-electron chi connectivity index (χ2n) is 5.91. The third-order valence-corrected chi connectivity index (χ3v) is 5.12. The standard InChI is InChI=1S/C21H19N3O4S/c1-26-15-4-6-17-13(9-15)8-14(11-22)21(24-17)29-12-20(25)23-18-10-16(27-2)5-7-19(18)28-3/h4-10H,12H2,1-3H3,(H,23,25). The Morgan fingerprint density at radius 2 is 1.79 bits per heavy atom. The number of fused-ring (bicyclic) bond motifs is 1. The molecule has 1 aromatic heterocycles. The van der Waals surface area contributed by atoms with Gasteiger partial charge in [0.2, 0.25) is 5.91 Å². The number of nitriles is 1. The van der Waals surface area contributed by atoms with Crippen molar-refractivity contribution in [2.75, 3.05) is 32.4 Å². The van der Waals surface area contributed by atoms with Gasteiger partial charge in [-0.05, 0) is 36.4 Å². The summed E-state index contributed by atoms with van der Waals surface area (Å²) >= 11 is 1.20. The van der Waals surface area contributed by atoms with Gasteiger partial charge in [-0.3, -0.25) is 4.79 Å². The monoisotopic (exact) mass is 409 g/mol. The number of nitrogens with one attached hydrogen (secondary N) is 1. The predicted octanol–water partition coefficient (Wildman–Crippen LogP) is 3.86. The summed E-state index contributed by atoms with van der Waals surface area (Å²) in [4.78, 5) is 17.0. The van der Waals surface area contributed by atoms with Crippen LogP contribution >= 0.6 is 11.8 Å². The summed E-state index contributed by atoms with van der Waals surface area (Å²) in [5, 5.41) is 13.6. The summed E-state index contributed by atoms with van der Waals surface area (Å²) in [6.45, 7) is 0. The fraction of sp³-hybridized carbons (Fsp3) is 0.190. The molecule has 3 rings (SSSR count). The van der Waals surface area contributed by atoms with Gasteiger partial charge in [-0.15, -0.1) is 0 Å². The highest BCUT2D eigenvalue weighted by Crippen LogP contribution is 2.30. The molecule has 0 aliphatic carbocycles. The molecular weight excluding hydrogens is 390 g/mol. The van der Waals surface area contributed by atoms with Crippen molar-refractivity contribution in [3.8, 4) is 23.3 Å². The van der Waals surface area contributed by atoms with Crippen molar-refractivity contribution in [2.24, 2.45) is 0 Å². The molecule has 0 saturated carbocycles. The average Bonchev–Trinajstić information content (AvgIpc) is 2.76. The van der Waals surface area contributed by atoms with Crippen LogP contribution in [0.4, 0.5) is 5.69 Å². The van der Waals surface area contributed by atoms with Crippen LogP contribution in [-0.4, -0.2) is 38.0 Å². The number of anilines is 1. The molecule has 1 heterocycles. The Hall–Kier alpha value is -3.44. The van der Waals surface area contributed by atoms with Gasteiger partial charge < -0.3 is 19.5 Å². The van der Waals surface area contributed by atoms with Gasteiger partial charge in [0.25, 0.3) is 0 Å². The first kappa shape index (κ1) is 20.3. The van der Waals surface area contributed by atoms with Crippen LogP contribution in [0, 0.1) is 11.3 Å². The van der Waals surface area contributed by atoms with Crippen LogP contribution in [0.5, 0.6) is 17.2 Å². The van der Waals surface area contributed by atoms with E-state index in [1.54, 1.807) is 44.6 Å². The summed E-state index contributed by atoms with van der Waals surface area (Å²) in [5.74, 6) is 1.66. The summed E-state index contributed by atoms with van der Waals surface area (Å²) in [5.41, 5.74) is 1.64. The smallest absolute Gasteiger partial charge is 0.234 e. The Kier molecular flexibility index (Phi) is 6.42. The van der Waals surface area contributed by atoms with E-state index >= 15 is 0 Å². The van der Waals surface area contributed by atoms with Gasteiger partial charge in [-0.2, -0.15) is 5.26 Å². The number of benzene rings is 2. The molecule has 0 unspecified atom stereocenters. The zero-order valence-corrected chi connectivity index (χ0v) is 17.0. The zero-order chi connectivity index (χ0) is 20.8. The van der Waals surface area contributed by atoms with E-state index in [1.165, 1.54) is 18.9 Å². The lowest BCUT2D eigenvalue weighted by Gasteiger charge is -2.12. The minimum absolute atomic E-state index is 0.0870.